The molecule has 21 heteroatoms. The molecule has 5 N–H and O–H groups in total. The molecule has 2 fully saturated rings. The number of fused-ring (bicyclic) bond motifs is 2. The number of phenolic OH excluding ortho intramolecular Hbond substituents is 1. The Morgan fingerprint density at radius 1 is 0.969 bits per heavy atom. The Labute approximate surface area is 370 Å². The number of ether oxygens (including phenoxy) is 2. The number of aryl methyl sites for hydroxylation is 1. The number of likely N-dealkylation sites (N-methyl/N-ethyl adjacent to an activating group) is 1. The summed E-state index contributed by atoms with van der Waals surface area (Å²) in [6.07, 6.45) is 1.13. The summed E-state index contributed by atoms with van der Waals surface area (Å²) in [5.74, 6) is -4.55. The number of nitrogens with one attached hydrogen (secondary N) is 2. The van der Waals surface area contributed by atoms with Crippen LogP contribution in [0.5, 0.6) is 5.75 Å². The Hall–Kier alpha value is -6.51. The van der Waals surface area contributed by atoms with Gasteiger partial charge in [0.1, 0.15) is 28.9 Å². The van der Waals surface area contributed by atoms with Crippen molar-refractivity contribution in [2.45, 2.75) is 38.1 Å². The summed E-state index contributed by atoms with van der Waals surface area (Å²) in [5, 5.41) is 15.7. The molecule has 0 spiro atoms. The third-order valence-corrected chi connectivity index (χ3v) is 11.6. The maximum Gasteiger partial charge on any atom is 0.314 e. The van der Waals surface area contributed by atoms with Gasteiger partial charge in [0.25, 0.3) is 11.8 Å². The molecule has 2 saturated heterocycles. The molecule has 4 aromatic rings. The number of halogens is 3. The van der Waals surface area contributed by atoms with Crippen LogP contribution in [-0.2, 0) is 30.3 Å². The van der Waals surface area contributed by atoms with Gasteiger partial charge in [-0.25, -0.2) is 18.6 Å². The average molecular weight is 906 g/mol. The molecular weight excluding hydrogens is 860 g/mol. The highest BCUT2D eigenvalue weighted by Crippen LogP contribution is 2.42. The van der Waals surface area contributed by atoms with Gasteiger partial charge >= 0.3 is 6.03 Å². The lowest BCUT2D eigenvalue weighted by Gasteiger charge is -2.35. The van der Waals surface area contributed by atoms with Gasteiger partial charge in [0.2, 0.25) is 23.7 Å². The van der Waals surface area contributed by atoms with Crippen LogP contribution in [-0.4, -0.2) is 144 Å². The third-order valence-electron chi connectivity index (χ3n) is 11.3. The van der Waals surface area contributed by atoms with Crippen LogP contribution >= 0.6 is 11.6 Å². The van der Waals surface area contributed by atoms with Crippen LogP contribution in [0.15, 0.2) is 42.5 Å². The van der Waals surface area contributed by atoms with Crippen molar-refractivity contribution in [3.8, 4) is 16.9 Å². The second-order valence-corrected chi connectivity index (χ2v) is 15.8. The van der Waals surface area contributed by atoms with Crippen molar-refractivity contribution in [1.29, 1.82) is 0 Å². The smallest absolute Gasteiger partial charge is 0.314 e. The third kappa shape index (κ3) is 9.68. The highest BCUT2D eigenvalue weighted by Gasteiger charge is 2.45. The predicted molar refractivity (Wildman–Crippen MR) is 229 cm³/mol. The highest BCUT2D eigenvalue weighted by molar-refractivity contribution is 6.34. The minimum Gasteiger partial charge on any atom is -0.507 e. The first kappa shape index (κ1) is 45.5. The fraction of sp³-hybridized carbons (Fsp3) is 0.395. The molecule has 1 atom stereocenters. The number of piperidine rings is 1. The van der Waals surface area contributed by atoms with E-state index >= 15 is 4.39 Å². The molecule has 7 amide bonds. The number of imide groups is 2. The number of phenols is 1. The molecule has 64 heavy (non-hydrogen) atoms. The number of piperazine rings is 1. The summed E-state index contributed by atoms with van der Waals surface area (Å²) < 4.78 is 42.7. The molecule has 0 radical (unpaired) electrons. The number of hydrogen-bond donors (Lipinski definition) is 4. The SMILES string of the molecule is CN(CCOCCOCCCc1cccc2c1C(=O)N(C1CCC(=O)NC1=O)C2=O)C(=O)CCNc1nc(N2CCN(C(N)=O)CC2)c2cc(Cl)c(-c3c(O)cccc3F)c(F)c2n1. The lowest BCUT2D eigenvalue weighted by Crippen LogP contribution is -2.54. The quantitative estimate of drug-likeness (QED) is 0.0880. The van der Waals surface area contributed by atoms with E-state index in [4.69, 9.17) is 26.8 Å². The van der Waals surface area contributed by atoms with Crippen LogP contribution in [0.2, 0.25) is 5.02 Å². The number of anilines is 2. The molecule has 18 nitrogen and oxygen atoms in total. The summed E-state index contributed by atoms with van der Waals surface area (Å²) in [6.45, 7) is 2.65. The molecule has 7 rings (SSSR count). The standard InChI is InChI=1S/C43H46ClF2N9O9/c1-52(18-20-64-22-21-63-19-4-6-24-5-2-7-25-33(24)41(61)55(40(25)60)29-10-11-31(57)49-39(29)59)32(58)12-13-48-43-50-37-26(38(51-43)53-14-16-54(17-15-53)42(47)62)23-27(44)34(36(37)46)35-28(45)8-3-9-30(35)56/h2-3,5,7-9,23,29,56H,4,6,10-22H2,1H3,(H2,47,62)(H,48,50,51)(H,49,57,59). The van der Waals surface area contributed by atoms with E-state index in [2.05, 4.69) is 20.6 Å². The number of nitrogens with zero attached hydrogens (tertiary/aromatic N) is 6. The van der Waals surface area contributed by atoms with Crippen LogP contribution < -0.4 is 21.3 Å². The predicted octanol–water partition coefficient (Wildman–Crippen LogP) is 3.46. The largest absolute Gasteiger partial charge is 0.507 e. The van der Waals surface area contributed by atoms with Gasteiger partial charge in [-0.2, -0.15) is 4.98 Å². The first-order valence-corrected chi connectivity index (χ1v) is 21.1. The molecule has 0 saturated carbocycles. The van der Waals surface area contributed by atoms with Gasteiger partial charge in [0.15, 0.2) is 5.82 Å². The number of carbonyl (C=O) groups excluding carboxylic acids is 6. The van der Waals surface area contributed by atoms with Gasteiger partial charge in [-0.3, -0.25) is 34.2 Å². The van der Waals surface area contributed by atoms with E-state index in [-0.39, 0.29) is 110 Å². The lowest BCUT2D eigenvalue weighted by molar-refractivity contribution is -0.136. The fourth-order valence-electron chi connectivity index (χ4n) is 7.91. The summed E-state index contributed by atoms with van der Waals surface area (Å²) in [7, 11) is 1.63. The van der Waals surface area contributed by atoms with Crippen LogP contribution in [0.25, 0.3) is 22.0 Å². The molecule has 1 aromatic heterocycles. The summed E-state index contributed by atoms with van der Waals surface area (Å²) in [6, 6.07) is 8.36. The number of primary amides is 1. The lowest BCUT2D eigenvalue weighted by atomic mass is 9.99. The van der Waals surface area contributed by atoms with Crippen molar-refractivity contribution in [3.63, 3.8) is 0 Å². The van der Waals surface area contributed by atoms with Crippen molar-refractivity contribution in [2.24, 2.45) is 5.73 Å². The Morgan fingerprint density at radius 3 is 2.42 bits per heavy atom. The minimum absolute atomic E-state index is 0.0174. The molecule has 3 aliphatic heterocycles. The molecule has 0 aliphatic carbocycles. The topological polar surface area (TPSA) is 230 Å². The molecule has 338 valence electrons. The summed E-state index contributed by atoms with van der Waals surface area (Å²) in [5.41, 5.74) is 5.61. The number of aromatic hydroxyl groups is 1. The van der Waals surface area contributed by atoms with Crippen LogP contribution in [0.3, 0.4) is 0 Å². The first-order chi connectivity index (χ1) is 30.7. The molecular formula is C43H46ClF2N9O9. The number of aromatic nitrogens is 2. The van der Waals surface area contributed by atoms with Gasteiger partial charge in [-0.1, -0.05) is 29.8 Å². The summed E-state index contributed by atoms with van der Waals surface area (Å²) >= 11 is 6.53. The van der Waals surface area contributed by atoms with Gasteiger partial charge in [0.05, 0.1) is 41.5 Å². The zero-order valence-corrected chi connectivity index (χ0v) is 35.6. The number of carbonyl (C=O) groups is 6. The Balaban J connectivity index is 0.870. The summed E-state index contributed by atoms with van der Waals surface area (Å²) in [4.78, 5) is 89.9. The van der Waals surface area contributed by atoms with Crippen molar-refractivity contribution < 1.29 is 52.1 Å². The number of urea groups is 1. The van der Waals surface area contributed by atoms with E-state index in [1.807, 2.05) is 4.90 Å². The van der Waals surface area contributed by atoms with E-state index < -0.39 is 58.6 Å². The average Bonchev–Trinajstić information content (AvgIpc) is 3.52. The molecule has 3 aliphatic rings. The zero-order valence-electron chi connectivity index (χ0n) is 34.8. The second kappa shape index (κ2) is 19.9. The number of rotatable bonds is 17. The molecule has 3 aromatic carbocycles. The number of amides is 7. The Kier molecular flexibility index (Phi) is 14.2. The van der Waals surface area contributed by atoms with E-state index in [1.54, 1.807) is 25.2 Å². The molecule has 1 unspecified atom stereocenters. The Morgan fingerprint density at radius 2 is 1.70 bits per heavy atom. The minimum atomic E-state index is -1.04. The maximum atomic E-state index is 16.4. The van der Waals surface area contributed by atoms with Crippen molar-refractivity contribution >= 4 is 69.8 Å². The number of hydrogen-bond acceptors (Lipinski definition) is 13. The van der Waals surface area contributed by atoms with Crippen LogP contribution in [0.4, 0.5) is 25.3 Å². The second-order valence-electron chi connectivity index (χ2n) is 15.4. The van der Waals surface area contributed by atoms with Gasteiger partial charge in [0, 0.05) is 76.7 Å². The molecule has 0 bridgehead atoms. The van der Waals surface area contributed by atoms with Crippen molar-refractivity contribution in [3.05, 3.63) is 75.8 Å². The highest BCUT2D eigenvalue weighted by atomic mass is 35.5. The van der Waals surface area contributed by atoms with Crippen LogP contribution in [0, 0.1) is 11.6 Å². The van der Waals surface area contributed by atoms with Gasteiger partial charge < -0.3 is 40.3 Å². The number of benzene rings is 3. The van der Waals surface area contributed by atoms with E-state index in [1.165, 1.54) is 28.0 Å². The number of nitrogens with two attached hydrogens (primary N) is 1. The normalized spacial score (nSPS) is 16.4. The van der Waals surface area contributed by atoms with E-state index in [9.17, 15) is 38.3 Å². The maximum absolute atomic E-state index is 16.4. The monoisotopic (exact) mass is 905 g/mol. The molecule has 4 heterocycles. The first-order valence-electron chi connectivity index (χ1n) is 20.7. The fourth-order valence-corrected chi connectivity index (χ4v) is 8.19. The van der Waals surface area contributed by atoms with Gasteiger partial charge in [-0.15, -0.1) is 0 Å². The van der Waals surface area contributed by atoms with E-state index in [0.29, 0.717) is 43.9 Å². The van der Waals surface area contributed by atoms with Gasteiger partial charge in [-0.05, 0) is 49.1 Å². The Bertz CT molecular complexity index is 2490. The van der Waals surface area contributed by atoms with E-state index in [0.717, 1.165) is 11.0 Å². The van der Waals surface area contributed by atoms with Crippen LogP contribution in [0.1, 0.15) is 52.0 Å². The van der Waals surface area contributed by atoms with Crippen molar-refractivity contribution in [2.75, 3.05) is 83.0 Å². The van der Waals surface area contributed by atoms with Crippen molar-refractivity contribution in [1.82, 2.24) is 30.0 Å². The zero-order chi connectivity index (χ0) is 45.7.